The highest BCUT2D eigenvalue weighted by Gasteiger charge is 2.23. The van der Waals surface area contributed by atoms with Crippen LogP contribution in [0.1, 0.15) is 24.2 Å². The summed E-state index contributed by atoms with van der Waals surface area (Å²) in [6.07, 6.45) is 0. The number of carbonyl (C=O) groups is 2. The SMILES string of the molecule is CC(C)[C@H](NC(=O)c1ccsc1)C(=O)O. The molecule has 1 heterocycles. The Hall–Kier alpha value is -1.36. The van der Waals surface area contributed by atoms with E-state index in [0.29, 0.717) is 5.56 Å². The average molecular weight is 227 g/mol. The van der Waals surface area contributed by atoms with E-state index in [2.05, 4.69) is 5.32 Å². The molecular formula is C10H13NO3S. The second kappa shape index (κ2) is 4.93. The van der Waals surface area contributed by atoms with Gasteiger partial charge in [-0.15, -0.1) is 0 Å². The van der Waals surface area contributed by atoms with Gasteiger partial charge in [0.2, 0.25) is 0 Å². The summed E-state index contributed by atoms with van der Waals surface area (Å²) in [5, 5.41) is 14.8. The minimum atomic E-state index is -1.01. The summed E-state index contributed by atoms with van der Waals surface area (Å²) in [5.74, 6) is -1.48. The van der Waals surface area contributed by atoms with Gasteiger partial charge in [0.1, 0.15) is 6.04 Å². The third-order valence-electron chi connectivity index (χ3n) is 2.00. The minimum absolute atomic E-state index is 0.134. The molecule has 0 bridgehead atoms. The molecule has 0 saturated heterocycles. The van der Waals surface area contributed by atoms with Crippen LogP contribution >= 0.6 is 11.3 Å². The Morgan fingerprint density at radius 3 is 2.53 bits per heavy atom. The maximum Gasteiger partial charge on any atom is 0.326 e. The third kappa shape index (κ3) is 3.06. The van der Waals surface area contributed by atoms with Crippen molar-refractivity contribution in [2.24, 2.45) is 5.92 Å². The molecule has 4 nitrogen and oxygen atoms in total. The van der Waals surface area contributed by atoms with E-state index in [1.54, 1.807) is 30.7 Å². The van der Waals surface area contributed by atoms with Gasteiger partial charge in [-0.25, -0.2) is 4.79 Å². The Morgan fingerprint density at radius 2 is 2.13 bits per heavy atom. The van der Waals surface area contributed by atoms with Crippen LogP contribution in [0.2, 0.25) is 0 Å². The molecule has 1 aromatic rings. The normalized spacial score (nSPS) is 12.5. The molecule has 0 aliphatic carbocycles. The van der Waals surface area contributed by atoms with Crippen LogP contribution in [0.4, 0.5) is 0 Å². The third-order valence-corrected chi connectivity index (χ3v) is 2.69. The van der Waals surface area contributed by atoms with Crippen LogP contribution < -0.4 is 5.32 Å². The second-order valence-electron chi connectivity index (χ2n) is 3.55. The van der Waals surface area contributed by atoms with Crippen LogP contribution in [-0.2, 0) is 4.79 Å². The maximum absolute atomic E-state index is 11.6. The first-order chi connectivity index (χ1) is 7.02. The van der Waals surface area contributed by atoms with Crippen LogP contribution in [0, 0.1) is 5.92 Å². The van der Waals surface area contributed by atoms with Gasteiger partial charge in [-0.2, -0.15) is 11.3 Å². The fourth-order valence-electron chi connectivity index (χ4n) is 1.13. The zero-order valence-electron chi connectivity index (χ0n) is 8.56. The number of carbonyl (C=O) groups excluding carboxylic acids is 1. The highest BCUT2D eigenvalue weighted by atomic mass is 32.1. The molecule has 1 aromatic heterocycles. The molecule has 0 fully saturated rings. The van der Waals surface area contributed by atoms with Crippen molar-refractivity contribution in [3.8, 4) is 0 Å². The number of hydrogen-bond acceptors (Lipinski definition) is 3. The Balaban J connectivity index is 2.67. The fourth-order valence-corrected chi connectivity index (χ4v) is 1.77. The van der Waals surface area contributed by atoms with E-state index < -0.39 is 12.0 Å². The predicted molar refractivity (Wildman–Crippen MR) is 58.0 cm³/mol. The molecule has 1 rings (SSSR count). The summed E-state index contributed by atoms with van der Waals surface area (Å²) in [4.78, 5) is 22.4. The molecule has 1 amide bonds. The van der Waals surface area contributed by atoms with Gasteiger partial charge in [0, 0.05) is 5.38 Å². The molecule has 0 aliphatic rings. The van der Waals surface area contributed by atoms with E-state index in [4.69, 9.17) is 5.11 Å². The van der Waals surface area contributed by atoms with E-state index in [9.17, 15) is 9.59 Å². The van der Waals surface area contributed by atoms with E-state index in [1.165, 1.54) is 11.3 Å². The molecule has 0 aromatic carbocycles. The number of nitrogens with one attached hydrogen (secondary N) is 1. The Morgan fingerprint density at radius 1 is 1.47 bits per heavy atom. The van der Waals surface area contributed by atoms with Gasteiger partial charge in [0.25, 0.3) is 5.91 Å². The Labute approximate surface area is 91.9 Å². The smallest absolute Gasteiger partial charge is 0.326 e. The zero-order chi connectivity index (χ0) is 11.4. The van der Waals surface area contributed by atoms with E-state index >= 15 is 0 Å². The number of carboxylic acid groups (broad SMARTS) is 1. The van der Waals surface area contributed by atoms with Crippen molar-refractivity contribution in [1.29, 1.82) is 0 Å². The lowest BCUT2D eigenvalue weighted by Crippen LogP contribution is -2.44. The number of thiophene rings is 1. The highest BCUT2D eigenvalue weighted by Crippen LogP contribution is 2.08. The summed E-state index contributed by atoms with van der Waals surface area (Å²) >= 11 is 1.40. The first-order valence-corrected chi connectivity index (χ1v) is 5.52. The second-order valence-corrected chi connectivity index (χ2v) is 4.33. The molecule has 2 N–H and O–H groups in total. The lowest BCUT2D eigenvalue weighted by Gasteiger charge is -2.17. The predicted octanol–water partition coefficient (Wildman–Crippen LogP) is 1.59. The minimum Gasteiger partial charge on any atom is -0.480 e. The zero-order valence-corrected chi connectivity index (χ0v) is 9.38. The quantitative estimate of drug-likeness (QED) is 0.820. The lowest BCUT2D eigenvalue weighted by molar-refractivity contribution is -0.140. The van der Waals surface area contributed by atoms with Gasteiger partial charge >= 0.3 is 5.97 Å². The molecule has 15 heavy (non-hydrogen) atoms. The van der Waals surface area contributed by atoms with Crippen molar-refractivity contribution in [3.63, 3.8) is 0 Å². The van der Waals surface area contributed by atoms with Gasteiger partial charge in [-0.05, 0) is 17.4 Å². The van der Waals surface area contributed by atoms with E-state index in [-0.39, 0.29) is 11.8 Å². The van der Waals surface area contributed by atoms with Crippen molar-refractivity contribution >= 4 is 23.2 Å². The molecule has 0 aliphatic heterocycles. The molecule has 1 atom stereocenters. The van der Waals surface area contributed by atoms with Gasteiger partial charge < -0.3 is 10.4 Å². The van der Waals surface area contributed by atoms with E-state index in [0.717, 1.165) is 0 Å². The van der Waals surface area contributed by atoms with Crippen molar-refractivity contribution in [2.75, 3.05) is 0 Å². The summed E-state index contributed by atoms with van der Waals surface area (Å²) in [7, 11) is 0. The molecule has 0 unspecified atom stereocenters. The Kier molecular flexibility index (Phi) is 3.85. The number of aliphatic carboxylic acids is 1. The van der Waals surface area contributed by atoms with Gasteiger partial charge in [0.05, 0.1) is 5.56 Å². The molecule has 0 radical (unpaired) electrons. The van der Waals surface area contributed by atoms with Gasteiger partial charge in [-0.1, -0.05) is 13.8 Å². The first-order valence-electron chi connectivity index (χ1n) is 4.58. The fraction of sp³-hybridized carbons (Fsp3) is 0.400. The van der Waals surface area contributed by atoms with Crippen molar-refractivity contribution < 1.29 is 14.7 Å². The topological polar surface area (TPSA) is 66.4 Å². The van der Waals surface area contributed by atoms with Crippen molar-refractivity contribution in [3.05, 3.63) is 22.4 Å². The first kappa shape index (κ1) is 11.7. The number of amides is 1. The molecule has 0 saturated carbocycles. The monoisotopic (exact) mass is 227 g/mol. The van der Waals surface area contributed by atoms with Crippen molar-refractivity contribution in [1.82, 2.24) is 5.32 Å². The van der Waals surface area contributed by atoms with Crippen LogP contribution in [0.15, 0.2) is 16.8 Å². The molecule has 5 heteroatoms. The average Bonchev–Trinajstić information content (AvgIpc) is 2.65. The standard InChI is InChI=1S/C10H13NO3S/c1-6(2)8(10(13)14)11-9(12)7-3-4-15-5-7/h3-6,8H,1-2H3,(H,11,12)(H,13,14)/t8-/m0/s1. The van der Waals surface area contributed by atoms with Gasteiger partial charge in [0.15, 0.2) is 0 Å². The lowest BCUT2D eigenvalue weighted by atomic mass is 10.0. The van der Waals surface area contributed by atoms with Gasteiger partial charge in [-0.3, -0.25) is 4.79 Å². The highest BCUT2D eigenvalue weighted by molar-refractivity contribution is 7.08. The van der Waals surface area contributed by atoms with Crippen LogP contribution in [0.5, 0.6) is 0 Å². The number of carboxylic acids is 1. The van der Waals surface area contributed by atoms with Crippen LogP contribution in [-0.4, -0.2) is 23.0 Å². The molecule has 0 spiro atoms. The summed E-state index contributed by atoms with van der Waals surface area (Å²) < 4.78 is 0. The summed E-state index contributed by atoms with van der Waals surface area (Å²) in [5.41, 5.74) is 0.506. The van der Waals surface area contributed by atoms with Crippen LogP contribution in [0.3, 0.4) is 0 Å². The molecular weight excluding hydrogens is 214 g/mol. The Bertz CT molecular complexity index is 346. The maximum atomic E-state index is 11.6. The number of rotatable bonds is 4. The van der Waals surface area contributed by atoms with Crippen LogP contribution in [0.25, 0.3) is 0 Å². The largest absolute Gasteiger partial charge is 0.480 e. The van der Waals surface area contributed by atoms with Crippen molar-refractivity contribution in [2.45, 2.75) is 19.9 Å². The number of hydrogen-bond donors (Lipinski definition) is 2. The molecule has 82 valence electrons. The summed E-state index contributed by atoms with van der Waals surface area (Å²) in [6.45, 7) is 3.51. The van der Waals surface area contributed by atoms with E-state index in [1.807, 2.05) is 0 Å². The summed E-state index contributed by atoms with van der Waals surface area (Å²) in [6, 6.07) is 0.830.